The first kappa shape index (κ1) is 23.1. The summed E-state index contributed by atoms with van der Waals surface area (Å²) in [7, 11) is 0. The highest BCUT2D eigenvalue weighted by molar-refractivity contribution is 6.30. The fraction of sp³-hybridized carbons (Fsp3) is 0.231. The number of hydrogen-bond donors (Lipinski definition) is 1. The highest BCUT2D eigenvalue weighted by atomic mass is 19.1. The first-order chi connectivity index (χ1) is 16.4. The van der Waals surface area contributed by atoms with Gasteiger partial charge in [-0.25, -0.2) is 14.1 Å². The van der Waals surface area contributed by atoms with E-state index in [-0.39, 0.29) is 18.5 Å². The zero-order chi connectivity index (χ0) is 24.1. The first-order valence-electron chi connectivity index (χ1n) is 11.0. The molecular weight excluding hydrogens is 437 g/mol. The molecule has 1 atom stereocenters. The van der Waals surface area contributed by atoms with Crippen LogP contribution in [0.25, 0.3) is 0 Å². The number of benzene rings is 2. The molecule has 8 heteroatoms. The smallest absolute Gasteiger partial charge is 0.335 e. The molecule has 0 spiro atoms. The van der Waals surface area contributed by atoms with Crippen LogP contribution in [-0.4, -0.2) is 29.4 Å². The molecule has 3 aromatic rings. The molecule has 34 heavy (non-hydrogen) atoms. The van der Waals surface area contributed by atoms with Gasteiger partial charge in [-0.3, -0.25) is 19.9 Å². The molecule has 2 heterocycles. The summed E-state index contributed by atoms with van der Waals surface area (Å²) in [6.07, 6.45) is 3.80. The third-order valence-corrected chi connectivity index (χ3v) is 5.89. The number of aromatic nitrogens is 1. The molecule has 1 aliphatic heterocycles. The lowest BCUT2D eigenvalue weighted by Gasteiger charge is -2.39. The minimum atomic E-state index is -1.62. The highest BCUT2D eigenvalue weighted by Crippen LogP contribution is 2.37. The maximum atomic E-state index is 14.6. The molecule has 1 aromatic heterocycles. The summed E-state index contributed by atoms with van der Waals surface area (Å²) in [6.45, 7) is 2.39. The van der Waals surface area contributed by atoms with E-state index in [4.69, 9.17) is 4.74 Å². The van der Waals surface area contributed by atoms with Crippen LogP contribution in [0.2, 0.25) is 0 Å². The fourth-order valence-electron chi connectivity index (χ4n) is 4.12. The van der Waals surface area contributed by atoms with E-state index in [1.54, 1.807) is 48.8 Å². The molecule has 0 unspecified atom stereocenters. The minimum Gasteiger partial charge on any atom is -0.494 e. The second-order valence-electron chi connectivity index (χ2n) is 8.04. The highest BCUT2D eigenvalue weighted by Gasteiger charge is 2.54. The quantitative estimate of drug-likeness (QED) is 0.511. The molecule has 0 saturated carbocycles. The summed E-state index contributed by atoms with van der Waals surface area (Å²) in [4.78, 5) is 44.6. The number of ether oxygens (including phenoxy) is 1. The molecule has 1 saturated heterocycles. The number of aryl methyl sites for hydroxylation is 1. The van der Waals surface area contributed by atoms with E-state index in [2.05, 4.69) is 10.3 Å². The number of carbonyl (C=O) groups is 3. The molecule has 0 radical (unpaired) electrons. The summed E-state index contributed by atoms with van der Waals surface area (Å²) in [5.41, 5.74) is -0.218. The number of para-hydroxylation sites is 1. The lowest BCUT2D eigenvalue weighted by molar-refractivity contribution is -0.143. The van der Waals surface area contributed by atoms with Crippen LogP contribution < -0.4 is 15.0 Å². The summed E-state index contributed by atoms with van der Waals surface area (Å²) >= 11 is 0. The molecule has 4 amide bonds. The van der Waals surface area contributed by atoms with Crippen LogP contribution in [0, 0.1) is 11.2 Å². The number of pyridine rings is 1. The Bertz CT molecular complexity index is 1200. The summed E-state index contributed by atoms with van der Waals surface area (Å²) in [5.74, 6) is -1.52. The molecule has 7 nitrogen and oxygen atoms in total. The largest absolute Gasteiger partial charge is 0.494 e. The van der Waals surface area contributed by atoms with Crippen molar-refractivity contribution in [3.05, 3.63) is 90.0 Å². The van der Waals surface area contributed by atoms with Crippen LogP contribution in [0.1, 0.15) is 24.5 Å². The Labute approximate surface area is 196 Å². The van der Waals surface area contributed by atoms with Crippen molar-refractivity contribution in [1.29, 1.82) is 0 Å². The minimum absolute atomic E-state index is 0.0351. The molecule has 174 valence electrons. The Morgan fingerprint density at radius 3 is 2.35 bits per heavy atom. The fourth-order valence-corrected chi connectivity index (χ4v) is 4.12. The van der Waals surface area contributed by atoms with Crippen molar-refractivity contribution in [3.8, 4) is 5.75 Å². The number of barbiturate groups is 1. The Morgan fingerprint density at radius 2 is 1.68 bits per heavy atom. The maximum absolute atomic E-state index is 14.6. The van der Waals surface area contributed by atoms with Crippen molar-refractivity contribution in [1.82, 2.24) is 10.3 Å². The van der Waals surface area contributed by atoms with Crippen LogP contribution in [0.4, 0.5) is 14.9 Å². The average Bonchev–Trinajstić information content (AvgIpc) is 2.84. The molecular formula is C26H24FN3O4. The van der Waals surface area contributed by atoms with Gasteiger partial charge in [0, 0.05) is 12.4 Å². The number of carbonyl (C=O) groups excluding carboxylic acids is 3. The Kier molecular flexibility index (Phi) is 6.67. The van der Waals surface area contributed by atoms with E-state index >= 15 is 0 Å². The van der Waals surface area contributed by atoms with Crippen molar-refractivity contribution >= 4 is 23.5 Å². The van der Waals surface area contributed by atoms with Crippen molar-refractivity contribution < 1.29 is 23.5 Å². The standard InChI is InChI=1S/C26H24FN3O4/c1-2-34-20-9-7-19(8-10-20)17-26(14-11-18-12-15-28-16-13-18)23(31)29-25(33)30(24(26)32)22-6-4-3-5-21(22)27/h3-10,12-13,15-16H,2,11,14,17H2,1H3,(H,29,31,33)/t26-/m0/s1. The van der Waals surface area contributed by atoms with Gasteiger partial charge in [0.1, 0.15) is 17.0 Å². The number of nitrogens with zero attached hydrogens (tertiary/aromatic N) is 2. The number of urea groups is 1. The van der Waals surface area contributed by atoms with Gasteiger partial charge < -0.3 is 4.74 Å². The molecule has 1 fully saturated rings. The van der Waals surface area contributed by atoms with Gasteiger partial charge >= 0.3 is 6.03 Å². The van der Waals surface area contributed by atoms with E-state index in [1.807, 2.05) is 6.92 Å². The Morgan fingerprint density at radius 1 is 0.971 bits per heavy atom. The lowest BCUT2D eigenvalue weighted by atomic mass is 9.73. The summed E-state index contributed by atoms with van der Waals surface area (Å²) in [6, 6.07) is 15.2. The molecule has 0 bridgehead atoms. The summed E-state index contributed by atoms with van der Waals surface area (Å²) < 4.78 is 20.1. The zero-order valence-corrected chi connectivity index (χ0v) is 18.7. The topological polar surface area (TPSA) is 88.6 Å². The predicted molar refractivity (Wildman–Crippen MR) is 124 cm³/mol. The number of nitrogens with one attached hydrogen (secondary N) is 1. The van der Waals surface area contributed by atoms with Gasteiger partial charge in [0.15, 0.2) is 0 Å². The van der Waals surface area contributed by atoms with E-state index in [9.17, 15) is 18.8 Å². The molecule has 1 N–H and O–H groups in total. The Balaban J connectivity index is 1.74. The van der Waals surface area contributed by atoms with Crippen molar-refractivity contribution in [2.24, 2.45) is 5.41 Å². The lowest BCUT2D eigenvalue weighted by Crippen LogP contribution is -2.65. The number of hydrogen-bond acceptors (Lipinski definition) is 5. The van der Waals surface area contributed by atoms with Gasteiger partial charge in [0.05, 0.1) is 12.3 Å². The van der Waals surface area contributed by atoms with Gasteiger partial charge in [-0.15, -0.1) is 0 Å². The van der Waals surface area contributed by atoms with E-state index in [0.717, 1.165) is 16.5 Å². The van der Waals surface area contributed by atoms with Crippen LogP contribution in [0.15, 0.2) is 73.1 Å². The van der Waals surface area contributed by atoms with Gasteiger partial charge in [0.25, 0.3) is 5.91 Å². The maximum Gasteiger partial charge on any atom is 0.335 e. The zero-order valence-electron chi connectivity index (χ0n) is 18.7. The number of imide groups is 2. The number of halogens is 1. The van der Waals surface area contributed by atoms with Crippen LogP contribution in [-0.2, 0) is 22.4 Å². The Hall–Kier alpha value is -4.07. The van der Waals surface area contributed by atoms with Gasteiger partial charge in [-0.1, -0.05) is 24.3 Å². The van der Waals surface area contributed by atoms with Gasteiger partial charge in [-0.2, -0.15) is 0 Å². The first-order valence-corrected chi connectivity index (χ1v) is 11.0. The second-order valence-corrected chi connectivity index (χ2v) is 8.04. The normalized spacial score (nSPS) is 18.1. The number of anilines is 1. The number of rotatable bonds is 8. The van der Waals surface area contributed by atoms with E-state index in [1.165, 1.54) is 18.2 Å². The molecule has 4 rings (SSSR count). The monoisotopic (exact) mass is 461 g/mol. The average molecular weight is 461 g/mol. The van der Waals surface area contributed by atoms with E-state index in [0.29, 0.717) is 24.3 Å². The third-order valence-electron chi connectivity index (χ3n) is 5.89. The third kappa shape index (κ3) is 4.52. The van der Waals surface area contributed by atoms with Crippen molar-refractivity contribution in [2.75, 3.05) is 11.5 Å². The SMILES string of the molecule is CCOc1ccc(C[C@@]2(CCc3ccncc3)C(=O)NC(=O)N(c3ccccc3F)C2=O)cc1. The van der Waals surface area contributed by atoms with Crippen molar-refractivity contribution in [2.45, 2.75) is 26.2 Å². The molecule has 1 aliphatic rings. The molecule has 2 aromatic carbocycles. The second kappa shape index (κ2) is 9.82. The van der Waals surface area contributed by atoms with E-state index < -0.39 is 29.1 Å². The predicted octanol–water partition coefficient (Wildman–Crippen LogP) is 4.06. The van der Waals surface area contributed by atoms with Gasteiger partial charge in [0.2, 0.25) is 5.91 Å². The van der Waals surface area contributed by atoms with Crippen LogP contribution in [0.5, 0.6) is 5.75 Å². The van der Waals surface area contributed by atoms with Crippen LogP contribution in [0.3, 0.4) is 0 Å². The number of amides is 4. The summed E-state index contributed by atoms with van der Waals surface area (Å²) in [5, 5.41) is 2.29. The molecule has 0 aliphatic carbocycles. The van der Waals surface area contributed by atoms with Gasteiger partial charge in [-0.05, 0) is 73.7 Å². The van der Waals surface area contributed by atoms with Crippen LogP contribution >= 0.6 is 0 Å². The van der Waals surface area contributed by atoms with Crippen molar-refractivity contribution in [3.63, 3.8) is 0 Å².